The number of anilines is 1. The molecule has 2 aromatic rings. The van der Waals surface area contributed by atoms with Crippen molar-refractivity contribution in [2.75, 3.05) is 19.5 Å². The monoisotopic (exact) mass is 320 g/mol. The molecule has 0 unspecified atom stereocenters. The Morgan fingerprint density at radius 2 is 2.09 bits per heavy atom. The molecule has 0 aliphatic carbocycles. The average molecular weight is 320 g/mol. The van der Waals surface area contributed by atoms with Crippen LogP contribution in [-0.2, 0) is 4.74 Å². The molecule has 120 valence electrons. The van der Waals surface area contributed by atoms with Gasteiger partial charge in [0, 0.05) is 5.56 Å². The molecule has 1 aliphatic rings. The number of ether oxygens (including phenoxy) is 3. The number of carboxylic acids is 1. The highest BCUT2D eigenvalue weighted by Crippen LogP contribution is 2.42. The number of hydrogen-bond acceptors (Lipinski definition) is 10. The Labute approximate surface area is 128 Å². The molecule has 0 spiro atoms. The Balaban J connectivity index is 1.99. The van der Waals surface area contributed by atoms with Crippen LogP contribution < -0.4 is 19.9 Å². The Bertz CT molecular complexity index is 786. The lowest BCUT2D eigenvalue weighted by Crippen LogP contribution is -2.24. The van der Waals surface area contributed by atoms with E-state index in [1.165, 1.54) is 14.2 Å². The number of aromatic carboxylic acids is 1. The van der Waals surface area contributed by atoms with E-state index in [9.17, 15) is 14.7 Å². The molecule has 1 aromatic heterocycles. The molecule has 1 aromatic carbocycles. The molecular weight excluding hydrogens is 310 g/mol. The quantitative estimate of drug-likeness (QED) is 0.733. The maximum atomic E-state index is 12.1. The minimum Gasteiger partial charge on any atom is -0.543 e. The second-order valence-electron chi connectivity index (χ2n) is 4.44. The molecule has 0 bridgehead atoms. The molecular formula is C13H10N3O7-. The molecule has 3 rings (SSSR count). The fraction of sp³-hybridized carbons (Fsp3) is 0.231. The smallest absolute Gasteiger partial charge is 0.344 e. The van der Waals surface area contributed by atoms with Gasteiger partial charge in [-0.15, -0.1) is 0 Å². The molecule has 2 heterocycles. The number of hydrogen-bond donors (Lipinski definition) is 1. The van der Waals surface area contributed by atoms with Crippen LogP contribution in [0.1, 0.15) is 32.6 Å². The summed E-state index contributed by atoms with van der Waals surface area (Å²) in [7, 11) is 2.83. The van der Waals surface area contributed by atoms with Crippen LogP contribution in [0.2, 0.25) is 0 Å². The summed E-state index contributed by atoms with van der Waals surface area (Å²) >= 11 is 0. The van der Waals surface area contributed by atoms with Gasteiger partial charge in [-0.25, -0.2) is 9.42 Å². The van der Waals surface area contributed by atoms with Crippen molar-refractivity contribution in [3.05, 3.63) is 29.0 Å². The van der Waals surface area contributed by atoms with Crippen molar-refractivity contribution in [2.45, 2.75) is 6.23 Å². The van der Waals surface area contributed by atoms with Crippen LogP contribution in [0, 0.1) is 0 Å². The molecule has 0 amide bonds. The summed E-state index contributed by atoms with van der Waals surface area (Å²) < 4.78 is 19.8. The van der Waals surface area contributed by atoms with Crippen molar-refractivity contribution in [3.8, 4) is 11.5 Å². The number of rotatable bonds is 5. The Hall–Kier alpha value is -3.30. The number of carboxylic acid groups (broad SMARTS) is 1. The molecule has 10 nitrogen and oxygen atoms in total. The van der Waals surface area contributed by atoms with Gasteiger partial charge >= 0.3 is 5.97 Å². The van der Waals surface area contributed by atoms with Crippen LogP contribution in [0.5, 0.6) is 11.5 Å². The van der Waals surface area contributed by atoms with Gasteiger partial charge in [0.2, 0.25) is 12.0 Å². The third-order valence-electron chi connectivity index (χ3n) is 3.24. The number of benzene rings is 1. The second kappa shape index (κ2) is 5.48. The third-order valence-corrected chi connectivity index (χ3v) is 3.24. The molecule has 1 atom stereocenters. The zero-order chi connectivity index (χ0) is 16.6. The van der Waals surface area contributed by atoms with E-state index in [1.807, 2.05) is 0 Å². The van der Waals surface area contributed by atoms with Gasteiger partial charge in [0.1, 0.15) is 5.56 Å². The van der Waals surface area contributed by atoms with Crippen molar-refractivity contribution in [1.82, 2.24) is 10.3 Å². The molecule has 10 heteroatoms. The Morgan fingerprint density at radius 1 is 1.30 bits per heavy atom. The standard InChI is InChI=1S/C13H11N3O7/c1-20-6-4-3-5-7(9(6)21-2)13(19)22-11(5)14-10-8(12(17)18)15-23-16-10/h3-4,11H,1-2H3,(H,14,16)(H,17,18)/p-1/t11-/m1/s1. The lowest BCUT2D eigenvalue weighted by molar-refractivity contribution is -0.255. The van der Waals surface area contributed by atoms with Gasteiger partial charge < -0.3 is 29.4 Å². The number of carbonyl (C=O) groups is 2. The van der Waals surface area contributed by atoms with Crippen molar-refractivity contribution < 1.29 is 33.5 Å². The summed E-state index contributed by atoms with van der Waals surface area (Å²) in [6.45, 7) is 0. The maximum Gasteiger partial charge on any atom is 0.344 e. The van der Waals surface area contributed by atoms with E-state index in [0.29, 0.717) is 11.3 Å². The summed E-state index contributed by atoms with van der Waals surface area (Å²) in [5.74, 6) is -1.86. The van der Waals surface area contributed by atoms with Crippen molar-refractivity contribution in [3.63, 3.8) is 0 Å². The summed E-state index contributed by atoms with van der Waals surface area (Å²) in [6.07, 6.45) is -0.984. The molecule has 0 saturated carbocycles. The summed E-state index contributed by atoms with van der Waals surface area (Å²) in [5.41, 5.74) is 0.0747. The highest BCUT2D eigenvalue weighted by atomic mass is 16.6. The predicted molar refractivity (Wildman–Crippen MR) is 70.0 cm³/mol. The molecule has 0 radical (unpaired) electrons. The van der Waals surface area contributed by atoms with Crippen molar-refractivity contribution in [2.24, 2.45) is 0 Å². The Morgan fingerprint density at radius 3 is 2.74 bits per heavy atom. The molecule has 0 fully saturated rings. The highest BCUT2D eigenvalue weighted by Gasteiger charge is 2.36. The first kappa shape index (κ1) is 14.6. The number of cyclic esters (lactones) is 1. The van der Waals surface area contributed by atoms with Crippen LogP contribution in [0.3, 0.4) is 0 Å². The van der Waals surface area contributed by atoms with E-state index in [0.717, 1.165) is 0 Å². The predicted octanol–water partition coefficient (Wildman–Crippen LogP) is -0.269. The molecule has 23 heavy (non-hydrogen) atoms. The van der Waals surface area contributed by atoms with Gasteiger partial charge in [-0.05, 0) is 22.4 Å². The minimum atomic E-state index is -1.58. The van der Waals surface area contributed by atoms with E-state index in [1.54, 1.807) is 12.1 Å². The van der Waals surface area contributed by atoms with Gasteiger partial charge in [0.15, 0.2) is 17.2 Å². The number of esters is 1. The lowest BCUT2D eigenvalue weighted by Gasteiger charge is -2.13. The van der Waals surface area contributed by atoms with Crippen LogP contribution >= 0.6 is 0 Å². The first-order valence-electron chi connectivity index (χ1n) is 6.33. The number of nitrogens with zero attached hydrogens (tertiary/aromatic N) is 2. The normalized spacial score (nSPS) is 15.7. The number of methoxy groups -OCH3 is 2. The fourth-order valence-electron chi connectivity index (χ4n) is 2.25. The fourth-order valence-corrected chi connectivity index (χ4v) is 2.25. The van der Waals surface area contributed by atoms with Gasteiger partial charge in [0.25, 0.3) is 0 Å². The largest absolute Gasteiger partial charge is 0.543 e. The van der Waals surface area contributed by atoms with E-state index < -0.39 is 23.9 Å². The molecule has 1 aliphatic heterocycles. The zero-order valence-electron chi connectivity index (χ0n) is 12.0. The number of nitrogens with one attached hydrogen (secondary N) is 1. The summed E-state index contributed by atoms with van der Waals surface area (Å²) in [6, 6.07) is 3.18. The van der Waals surface area contributed by atoms with Gasteiger partial charge in [-0.1, -0.05) is 0 Å². The average Bonchev–Trinajstić information content (AvgIpc) is 3.12. The van der Waals surface area contributed by atoms with E-state index >= 15 is 0 Å². The number of fused-ring (bicyclic) bond motifs is 1. The summed E-state index contributed by atoms with van der Waals surface area (Å²) in [5, 5.41) is 20.1. The maximum absolute atomic E-state index is 12.1. The Kier molecular flexibility index (Phi) is 3.48. The van der Waals surface area contributed by atoms with Gasteiger partial charge in [-0.3, -0.25) is 0 Å². The van der Waals surface area contributed by atoms with Crippen LogP contribution in [0.4, 0.5) is 5.82 Å². The number of carbonyl (C=O) groups excluding carboxylic acids is 2. The minimum absolute atomic E-state index is 0.177. The van der Waals surface area contributed by atoms with Crippen LogP contribution in [-0.4, -0.2) is 36.5 Å². The number of aromatic nitrogens is 2. The molecule has 0 saturated heterocycles. The van der Waals surface area contributed by atoms with E-state index in [-0.39, 0.29) is 17.1 Å². The first-order valence-corrected chi connectivity index (χ1v) is 6.33. The third kappa shape index (κ3) is 2.29. The molecule has 1 N–H and O–H groups in total. The van der Waals surface area contributed by atoms with Crippen molar-refractivity contribution >= 4 is 17.8 Å². The van der Waals surface area contributed by atoms with Gasteiger partial charge in [0.05, 0.1) is 20.2 Å². The highest BCUT2D eigenvalue weighted by molar-refractivity contribution is 5.98. The summed E-state index contributed by atoms with van der Waals surface area (Å²) in [4.78, 5) is 23.0. The zero-order valence-corrected chi connectivity index (χ0v) is 12.0. The van der Waals surface area contributed by atoms with Gasteiger partial charge in [-0.2, -0.15) is 0 Å². The first-order chi connectivity index (χ1) is 11.1. The topological polar surface area (TPSA) is 136 Å². The van der Waals surface area contributed by atoms with Crippen LogP contribution in [0.15, 0.2) is 16.8 Å². The van der Waals surface area contributed by atoms with Crippen molar-refractivity contribution in [1.29, 1.82) is 0 Å². The van der Waals surface area contributed by atoms with E-state index in [2.05, 4.69) is 20.3 Å². The SMILES string of the molecule is COc1ccc2c(c1OC)C(=O)O[C@H]2Nc1nonc1C(=O)[O-]. The van der Waals surface area contributed by atoms with Crippen LogP contribution in [0.25, 0.3) is 0 Å². The lowest BCUT2D eigenvalue weighted by atomic mass is 10.1. The second-order valence-corrected chi connectivity index (χ2v) is 4.44. The van der Waals surface area contributed by atoms with E-state index in [4.69, 9.17) is 14.2 Å².